The van der Waals surface area contributed by atoms with Crippen LogP contribution in [0.4, 0.5) is 5.82 Å². The highest BCUT2D eigenvalue weighted by molar-refractivity contribution is 5.91. The van der Waals surface area contributed by atoms with E-state index in [0.29, 0.717) is 5.82 Å². The smallest absolute Gasteiger partial charge is 0.263 e. The van der Waals surface area contributed by atoms with Gasteiger partial charge in [-0.25, -0.2) is 9.97 Å². The summed E-state index contributed by atoms with van der Waals surface area (Å²) in [7, 11) is 0. The minimum Gasteiger partial charge on any atom is -0.483 e. The highest BCUT2D eigenvalue weighted by Crippen LogP contribution is 2.22. The van der Waals surface area contributed by atoms with Crippen molar-refractivity contribution in [3.63, 3.8) is 0 Å². The monoisotopic (exact) mass is 313 g/mol. The van der Waals surface area contributed by atoms with Crippen LogP contribution in [0.5, 0.6) is 5.75 Å². The van der Waals surface area contributed by atoms with E-state index in [-0.39, 0.29) is 18.4 Å². The number of nitrogens with one attached hydrogen (secondary N) is 1. The number of para-hydroxylation sites is 1. The fourth-order valence-corrected chi connectivity index (χ4v) is 2.26. The van der Waals surface area contributed by atoms with Crippen LogP contribution in [0.3, 0.4) is 0 Å². The van der Waals surface area contributed by atoms with Crippen LogP contribution in [0.25, 0.3) is 0 Å². The molecule has 1 heterocycles. The van der Waals surface area contributed by atoms with Gasteiger partial charge in [-0.05, 0) is 31.9 Å². The summed E-state index contributed by atoms with van der Waals surface area (Å²) in [5.74, 6) is 1.95. The molecule has 23 heavy (non-hydrogen) atoms. The molecule has 122 valence electrons. The lowest BCUT2D eigenvalue weighted by atomic mass is 10.1. The second-order valence-electron chi connectivity index (χ2n) is 5.97. The van der Waals surface area contributed by atoms with Crippen molar-refractivity contribution in [3.8, 4) is 5.75 Å². The van der Waals surface area contributed by atoms with Gasteiger partial charge in [0, 0.05) is 17.7 Å². The SMILES string of the molecule is Cc1cc(NC(=O)COc2c(C)cccc2C)nc(C(C)C)n1. The highest BCUT2D eigenvalue weighted by atomic mass is 16.5. The van der Waals surface area contributed by atoms with E-state index >= 15 is 0 Å². The van der Waals surface area contributed by atoms with Crippen molar-refractivity contribution in [2.75, 3.05) is 11.9 Å². The molecule has 0 saturated heterocycles. The van der Waals surface area contributed by atoms with Gasteiger partial charge in [-0.3, -0.25) is 4.79 Å². The molecule has 5 heteroatoms. The second kappa shape index (κ2) is 7.22. The number of aromatic nitrogens is 2. The molecule has 2 aromatic rings. The zero-order valence-electron chi connectivity index (χ0n) is 14.3. The molecule has 0 spiro atoms. The van der Waals surface area contributed by atoms with E-state index in [9.17, 15) is 4.79 Å². The molecule has 0 aliphatic rings. The van der Waals surface area contributed by atoms with Gasteiger partial charge in [0.25, 0.3) is 5.91 Å². The minimum atomic E-state index is -0.236. The van der Waals surface area contributed by atoms with Crippen LogP contribution in [0.1, 0.15) is 42.4 Å². The zero-order chi connectivity index (χ0) is 17.0. The van der Waals surface area contributed by atoms with Gasteiger partial charge in [0.2, 0.25) is 0 Å². The van der Waals surface area contributed by atoms with Crippen LogP contribution in [0, 0.1) is 20.8 Å². The number of nitrogens with zero attached hydrogens (tertiary/aromatic N) is 2. The molecular formula is C18H23N3O2. The second-order valence-corrected chi connectivity index (χ2v) is 5.97. The fourth-order valence-electron chi connectivity index (χ4n) is 2.26. The number of hydrogen-bond donors (Lipinski definition) is 1. The lowest BCUT2D eigenvalue weighted by Gasteiger charge is -2.12. The molecule has 1 N–H and O–H groups in total. The maximum absolute atomic E-state index is 12.1. The summed E-state index contributed by atoms with van der Waals surface area (Å²) in [6.45, 7) is 9.79. The van der Waals surface area contributed by atoms with Crippen LogP contribution < -0.4 is 10.1 Å². The van der Waals surface area contributed by atoms with Gasteiger partial charge in [-0.1, -0.05) is 32.0 Å². The summed E-state index contributed by atoms with van der Waals surface area (Å²) >= 11 is 0. The van der Waals surface area contributed by atoms with Crippen molar-refractivity contribution in [1.82, 2.24) is 9.97 Å². The number of carbonyl (C=O) groups excluding carboxylic acids is 1. The van der Waals surface area contributed by atoms with E-state index in [1.54, 1.807) is 6.07 Å². The summed E-state index contributed by atoms with van der Waals surface area (Å²) in [6.07, 6.45) is 0. The first-order chi connectivity index (χ1) is 10.9. The van der Waals surface area contributed by atoms with Crippen LogP contribution in [0.15, 0.2) is 24.3 Å². The van der Waals surface area contributed by atoms with E-state index in [1.165, 1.54) is 0 Å². The van der Waals surface area contributed by atoms with Gasteiger partial charge in [-0.2, -0.15) is 0 Å². The fraction of sp³-hybridized carbons (Fsp3) is 0.389. The molecule has 0 unspecified atom stereocenters. The first kappa shape index (κ1) is 16.9. The average Bonchev–Trinajstić information content (AvgIpc) is 2.46. The van der Waals surface area contributed by atoms with Crippen molar-refractivity contribution < 1.29 is 9.53 Å². The van der Waals surface area contributed by atoms with Crippen molar-refractivity contribution >= 4 is 11.7 Å². The van der Waals surface area contributed by atoms with Crippen molar-refractivity contribution in [2.24, 2.45) is 0 Å². The number of ether oxygens (including phenoxy) is 1. The molecule has 0 aliphatic carbocycles. The van der Waals surface area contributed by atoms with Gasteiger partial charge in [0.05, 0.1) is 0 Å². The Hall–Kier alpha value is -2.43. The Morgan fingerprint density at radius 3 is 2.43 bits per heavy atom. The lowest BCUT2D eigenvalue weighted by Crippen LogP contribution is -2.22. The van der Waals surface area contributed by atoms with Crippen molar-refractivity contribution in [2.45, 2.75) is 40.5 Å². The van der Waals surface area contributed by atoms with Crippen LogP contribution >= 0.6 is 0 Å². The predicted octanol–water partition coefficient (Wildman–Crippen LogP) is 3.54. The van der Waals surface area contributed by atoms with Gasteiger partial charge in [-0.15, -0.1) is 0 Å². The molecule has 1 aromatic carbocycles. The topological polar surface area (TPSA) is 64.1 Å². The number of benzene rings is 1. The maximum atomic E-state index is 12.1. The lowest BCUT2D eigenvalue weighted by molar-refractivity contribution is -0.118. The average molecular weight is 313 g/mol. The molecule has 1 aromatic heterocycles. The Kier molecular flexibility index (Phi) is 5.32. The first-order valence-corrected chi connectivity index (χ1v) is 7.71. The molecule has 5 nitrogen and oxygen atoms in total. The Labute approximate surface area is 137 Å². The Morgan fingerprint density at radius 2 is 1.83 bits per heavy atom. The summed E-state index contributed by atoms with van der Waals surface area (Å²) in [5, 5.41) is 2.77. The molecular weight excluding hydrogens is 290 g/mol. The summed E-state index contributed by atoms with van der Waals surface area (Å²) in [5.41, 5.74) is 2.85. The van der Waals surface area contributed by atoms with Crippen molar-refractivity contribution in [3.05, 3.63) is 46.9 Å². The Balaban J connectivity index is 2.03. The molecule has 0 aliphatic heterocycles. The molecule has 0 saturated carbocycles. The van der Waals surface area contributed by atoms with Crippen LogP contribution in [-0.2, 0) is 4.79 Å². The number of anilines is 1. The highest BCUT2D eigenvalue weighted by Gasteiger charge is 2.11. The van der Waals surface area contributed by atoms with Crippen LogP contribution in [-0.4, -0.2) is 22.5 Å². The number of hydrogen-bond acceptors (Lipinski definition) is 4. The Bertz CT molecular complexity index is 691. The number of aryl methyl sites for hydroxylation is 3. The molecule has 0 fully saturated rings. The van der Waals surface area contributed by atoms with Gasteiger partial charge in [0.15, 0.2) is 6.61 Å². The van der Waals surface area contributed by atoms with E-state index in [4.69, 9.17) is 4.74 Å². The summed E-state index contributed by atoms with van der Waals surface area (Å²) in [4.78, 5) is 20.8. The van der Waals surface area contributed by atoms with Gasteiger partial charge >= 0.3 is 0 Å². The normalized spacial score (nSPS) is 10.7. The van der Waals surface area contributed by atoms with Gasteiger partial charge in [0.1, 0.15) is 17.4 Å². The molecule has 2 rings (SSSR count). The van der Waals surface area contributed by atoms with E-state index in [0.717, 1.165) is 28.4 Å². The third kappa shape index (κ3) is 4.52. The third-order valence-corrected chi connectivity index (χ3v) is 3.41. The standard InChI is InChI=1S/C18H23N3O2/c1-11(2)18-19-14(5)9-15(21-18)20-16(22)10-23-17-12(3)7-6-8-13(17)4/h6-9,11H,10H2,1-5H3,(H,19,20,21,22). The van der Waals surface area contributed by atoms with E-state index in [1.807, 2.05) is 52.8 Å². The minimum absolute atomic E-state index is 0.0498. The van der Waals surface area contributed by atoms with E-state index < -0.39 is 0 Å². The predicted molar refractivity (Wildman–Crippen MR) is 90.9 cm³/mol. The largest absolute Gasteiger partial charge is 0.483 e. The van der Waals surface area contributed by atoms with Gasteiger partial charge < -0.3 is 10.1 Å². The molecule has 0 radical (unpaired) electrons. The number of rotatable bonds is 5. The maximum Gasteiger partial charge on any atom is 0.263 e. The zero-order valence-corrected chi connectivity index (χ0v) is 14.3. The number of amides is 1. The quantitative estimate of drug-likeness (QED) is 0.917. The molecule has 1 amide bonds. The Morgan fingerprint density at radius 1 is 1.17 bits per heavy atom. The summed E-state index contributed by atoms with van der Waals surface area (Å²) in [6, 6.07) is 7.64. The third-order valence-electron chi connectivity index (χ3n) is 3.41. The van der Waals surface area contributed by atoms with E-state index in [2.05, 4.69) is 15.3 Å². The summed E-state index contributed by atoms with van der Waals surface area (Å²) < 4.78 is 5.65. The molecule has 0 bridgehead atoms. The van der Waals surface area contributed by atoms with Crippen LogP contribution in [0.2, 0.25) is 0 Å². The first-order valence-electron chi connectivity index (χ1n) is 7.71. The van der Waals surface area contributed by atoms with Crippen molar-refractivity contribution in [1.29, 1.82) is 0 Å². The molecule has 0 atom stereocenters. The number of carbonyl (C=O) groups is 1.